The van der Waals surface area contributed by atoms with E-state index in [1.807, 2.05) is 4.90 Å². The molecule has 2 amide bonds. The third kappa shape index (κ3) is 3.30. The summed E-state index contributed by atoms with van der Waals surface area (Å²) < 4.78 is 6.00. The molecule has 2 heterocycles. The monoisotopic (exact) mass is 283 g/mol. The Labute approximate surface area is 119 Å². The number of carbonyl (C=O) groups excluding carboxylic acids is 2. The van der Waals surface area contributed by atoms with Gasteiger partial charge in [-0.15, -0.1) is 0 Å². The quantitative estimate of drug-likeness (QED) is 0.766. The molecule has 0 spiro atoms. The van der Waals surface area contributed by atoms with Crippen LogP contribution in [0.5, 0.6) is 0 Å². The summed E-state index contributed by atoms with van der Waals surface area (Å²) in [6, 6.07) is -0.577. The second-order valence-electron chi connectivity index (χ2n) is 6.46. The second kappa shape index (κ2) is 5.69. The molecule has 114 valence electrons. The lowest BCUT2D eigenvalue weighted by molar-refractivity contribution is -0.137. The van der Waals surface area contributed by atoms with E-state index in [-0.39, 0.29) is 30.1 Å². The topological polar surface area (TPSA) is 98.6 Å². The molecule has 6 nitrogen and oxygen atoms in total. The van der Waals surface area contributed by atoms with Crippen LogP contribution < -0.4 is 11.5 Å². The molecule has 2 aliphatic heterocycles. The van der Waals surface area contributed by atoms with E-state index in [9.17, 15) is 9.59 Å². The summed E-state index contributed by atoms with van der Waals surface area (Å²) in [7, 11) is 0. The van der Waals surface area contributed by atoms with E-state index in [4.69, 9.17) is 16.2 Å². The maximum absolute atomic E-state index is 12.3. The fraction of sp³-hybridized carbons (Fsp3) is 0.857. The molecule has 20 heavy (non-hydrogen) atoms. The zero-order valence-electron chi connectivity index (χ0n) is 12.3. The van der Waals surface area contributed by atoms with E-state index >= 15 is 0 Å². The number of likely N-dealkylation sites (tertiary alicyclic amines) is 1. The van der Waals surface area contributed by atoms with Crippen molar-refractivity contribution >= 4 is 11.8 Å². The first kappa shape index (κ1) is 15.3. The van der Waals surface area contributed by atoms with Crippen LogP contribution in [-0.2, 0) is 14.3 Å². The van der Waals surface area contributed by atoms with Crippen LogP contribution in [0.1, 0.15) is 46.0 Å². The van der Waals surface area contributed by atoms with Crippen LogP contribution in [0, 0.1) is 0 Å². The Morgan fingerprint density at radius 2 is 2.15 bits per heavy atom. The van der Waals surface area contributed by atoms with Gasteiger partial charge in [-0.05, 0) is 39.5 Å². The second-order valence-corrected chi connectivity index (χ2v) is 6.46. The van der Waals surface area contributed by atoms with E-state index in [0.717, 1.165) is 25.8 Å². The fourth-order valence-corrected chi connectivity index (χ4v) is 3.24. The predicted molar refractivity (Wildman–Crippen MR) is 74.7 cm³/mol. The molecule has 0 aliphatic carbocycles. The number of piperidine rings is 1. The number of fused-ring (bicyclic) bond motifs is 1. The lowest BCUT2D eigenvalue weighted by atomic mass is 9.93. The van der Waals surface area contributed by atoms with Gasteiger partial charge in [0.1, 0.15) is 0 Å². The average Bonchev–Trinajstić information content (AvgIpc) is 2.68. The van der Waals surface area contributed by atoms with Crippen molar-refractivity contribution in [3.05, 3.63) is 0 Å². The van der Waals surface area contributed by atoms with Gasteiger partial charge in [-0.3, -0.25) is 9.59 Å². The Kier molecular flexibility index (Phi) is 4.34. The van der Waals surface area contributed by atoms with E-state index in [0.29, 0.717) is 6.42 Å². The molecule has 2 rings (SSSR count). The molecule has 2 saturated heterocycles. The van der Waals surface area contributed by atoms with Gasteiger partial charge in [-0.25, -0.2) is 0 Å². The van der Waals surface area contributed by atoms with Gasteiger partial charge in [0.25, 0.3) is 0 Å². The van der Waals surface area contributed by atoms with Crippen molar-refractivity contribution in [1.29, 1.82) is 0 Å². The number of nitrogens with two attached hydrogens (primary N) is 2. The van der Waals surface area contributed by atoms with Gasteiger partial charge in [-0.1, -0.05) is 0 Å². The number of ether oxygens (including phenoxy) is 1. The molecule has 2 aliphatic rings. The standard InChI is InChI=1S/C14H25N3O3/c1-14(2)8-10-11(20-14)4-3-7-17(10)12(18)6-5-9(15)13(16)19/h9-11H,3-8,15H2,1-2H3,(H2,16,19)/t9-,10-,11-/m0/s1. The minimum atomic E-state index is -0.740. The zero-order valence-corrected chi connectivity index (χ0v) is 12.3. The summed E-state index contributed by atoms with van der Waals surface area (Å²) in [4.78, 5) is 25.2. The largest absolute Gasteiger partial charge is 0.370 e. The molecule has 0 aromatic rings. The molecule has 0 saturated carbocycles. The molecule has 3 atom stereocenters. The van der Waals surface area contributed by atoms with Crippen LogP contribution in [0.2, 0.25) is 0 Å². The van der Waals surface area contributed by atoms with Crippen LogP contribution in [0.15, 0.2) is 0 Å². The zero-order chi connectivity index (χ0) is 14.9. The number of amides is 2. The van der Waals surface area contributed by atoms with Crippen molar-refractivity contribution in [1.82, 2.24) is 4.90 Å². The van der Waals surface area contributed by atoms with E-state index in [1.54, 1.807) is 0 Å². The molecule has 4 N–H and O–H groups in total. The van der Waals surface area contributed by atoms with Gasteiger partial charge >= 0.3 is 0 Å². The minimum absolute atomic E-state index is 0.0534. The molecule has 0 aromatic heterocycles. The third-order valence-electron chi connectivity index (χ3n) is 4.24. The molecular formula is C14H25N3O3. The van der Waals surface area contributed by atoms with E-state index in [2.05, 4.69) is 13.8 Å². The third-order valence-corrected chi connectivity index (χ3v) is 4.24. The van der Waals surface area contributed by atoms with Crippen molar-refractivity contribution in [2.45, 2.75) is 69.7 Å². The van der Waals surface area contributed by atoms with E-state index < -0.39 is 11.9 Å². The van der Waals surface area contributed by atoms with Crippen molar-refractivity contribution in [3.8, 4) is 0 Å². The number of nitrogens with zero attached hydrogens (tertiary/aromatic N) is 1. The number of primary amides is 1. The Morgan fingerprint density at radius 3 is 2.80 bits per heavy atom. The highest BCUT2D eigenvalue weighted by Gasteiger charge is 2.46. The Bertz CT molecular complexity index is 397. The van der Waals surface area contributed by atoms with Crippen molar-refractivity contribution in [2.24, 2.45) is 11.5 Å². The molecule has 2 fully saturated rings. The Hall–Kier alpha value is -1.14. The SMILES string of the molecule is CC1(C)C[C@H]2[C@H](CCCN2C(=O)CC[C@H](N)C(N)=O)O1. The van der Waals surface area contributed by atoms with Crippen molar-refractivity contribution < 1.29 is 14.3 Å². The molecule has 6 heteroatoms. The van der Waals surface area contributed by atoms with Gasteiger partial charge in [0.2, 0.25) is 11.8 Å². The molecule has 0 radical (unpaired) electrons. The summed E-state index contributed by atoms with van der Waals surface area (Å²) in [6.45, 7) is 4.90. The van der Waals surface area contributed by atoms with Crippen LogP contribution in [0.25, 0.3) is 0 Å². The summed E-state index contributed by atoms with van der Waals surface area (Å²) >= 11 is 0. The molecular weight excluding hydrogens is 258 g/mol. The maximum Gasteiger partial charge on any atom is 0.234 e. The average molecular weight is 283 g/mol. The molecule has 0 bridgehead atoms. The first-order chi connectivity index (χ1) is 9.30. The highest BCUT2D eigenvalue weighted by atomic mass is 16.5. The van der Waals surface area contributed by atoms with Gasteiger partial charge < -0.3 is 21.1 Å². The first-order valence-corrected chi connectivity index (χ1v) is 7.32. The van der Waals surface area contributed by atoms with Crippen molar-refractivity contribution in [3.63, 3.8) is 0 Å². The number of hydrogen-bond acceptors (Lipinski definition) is 4. The Morgan fingerprint density at radius 1 is 1.45 bits per heavy atom. The lowest BCUT2D eigenvalue weighted by Gasteiger charge is -2.36. The van der Waals surface area contributed by atoms with Crippen LogP contribution in [0.3, 0.4) is 0 Å². The molecule has 0 unspecified atom stereocenters. The van der Waals surface area contributed by atoms with E-state index in [1.165, 1.54) is 0 Å². The number of carbonyl (C=O) groups is 2. The lowest BCUT2D eigenvalue weighted by Crippen LogP contribution is -2.49. The highest BCUT2D eigenvalue weighted by molar-refractivity contribution is 5.81. The van der Waals surface area contributed by atoms with Crippen LogP contribution >= 0.6 is 0 Å². The summed E-state index contributed by atoms with van der Waals surface area (Å²) in [5, 5.41) is 0. The van der Waals surface area contributed by atoms with Gasteiger partial charge in [0.05, 0.1) is 23.8 Å². The highest BCUT2D eigenvalue weighted by Crippen LogP contribution is 2.38. The fourth-order valence-electron chi connectivity index (χ4n) is 3.24. The first-order valence-electron chi connectivity index (χ1n) is 7.32. The van der Waals surface area contributed by atoms with Crippen LogP contribution in [-0.4, -0.2) is 47.0 Å². The maximum atomic E-state index is 12.3. The van der Waals surface area contributed by atoms with Crippen LogP contribution in [0.4, 0.5) is 0 Å². The smallest absolute Gasteiger partial charge is 0.234 e. The molecule has 0 aromatic carbocycles. The summed E-state index contributed by atoms with van der Waals surface area (Å²) in [6.07, 6.45) is 3.57. The van der Waals surface area contributed by atoms with Crippen molar-refractivity contribution in [2.75, 3.05) is 6.54 Å². The number of hydrogen-bond donors (Lipinski definition) is 2. The van der Waals surface area contributed by atoms with Gasteiger partial charge in [-0.2, -0.15) is 0 Å². The summed E-state index contributed by atoms with van der Waals surface area (Å²) in [5.41, 5.74) is 10.5. The van der Waals surface area contributed by atoms with Gasteiger partial charge in [0.15, 0.2) is 0 Å². The predicted octanol–water partition coefficient (Wildman–Crippen LogP) is 0.138. The minimum Gasteiger partial charge on any atom is -0.370 e. The number of rotatable bonds is 4. The van der Waals surface area contributed by atoms with Gasteiger partial charge in [0, 0.05) is 13.0 Å². The normalized spacial score (nSPS) is 29.9. The Balaban J connectivity index is 1.94. The summed E-state index contributed by atoms with van der Waals surface area (Å²) in [5.74, 6) is -0.502.